The Balaban J connectivity index is 1.63. The van der Waals surface area contributed by atoms with E-state index in [2.05, 4.69) is 5.32 Å². The van der Waals surface area contributed by atoms with Crippen molar-refractivity contribution < 1.29 is 27.5 Å². The highest BCUT2D eigenvalue weighted by Crippen LogP contribution is 2.24. The van der Waals surface area contributed by atoms with Crippen molar-refractivity contribution in [3.05, 3.63) is 54.1 Å². The molecule has 0 aromatic heterocycles. The summed E-state index contributed by atoms with van der Waals surface area (Å²) in [5.41, 5.74) is 0.622. The lowest BCUT2D eigenvalue weighted by Crippen LogP contribution is -2.30. The molecule has 9 heteroatoms. The number of ether oxygens (including phenoxy) is 2. The molecule has 2 aromatic rings. The summed E-state index contributed by atoms with van der Waals surface area (Å²) >= 11 is 0. The second-order valence-electron chi connectivity index (χ2n) is 6.87. The number of carbonyl (C=O) groups excluding carboxylic acids is 2. The van der Waals surface area contributed by atoms with Gasteiger partial charge in [0, 0.05) is 13.1 Å². The smallest absolute Gasteiger partial charge is 0.338 e. The molecule has 1 aliphatic heterocycles. The molecule has 3 rings (SSSR count). The van der Waals surface area contributed by atoms with Gasteiger partial charge in [-0.15, -0.1) is 0 Å². The minimum absolute atomic E-state index is 0.128. The molecule has 1 aliphatic rings. The Hall–Kier alpha value is -2.91. The molecule has 2 aromatic carbocycles. The van der Waals surface area contributed by atoms with Crippen LogP contribution in [0.4, 0.5) is 5.69 Å². The molecule has 1 saturated heterocycles. The maximum absolute atomic E-state index is 12.6. The quantitative estimate of drug-likeness (QED) is 0.675. The van der Waals surface area contributed by atoms with Gasteiger partial charge in [-0.25, -0.2) is 13.2 Å². The number of amides is 1. The normalized spacial score (nSPS) is 15.4. The average molecular weight is 432 g/mol. The molecule has 1 N–H and O–H groups in total. The van der Waals surface area contributed by atoms with Crippen LogP contribution in [0.3, 0.4) is 0 Å². The van der Waals surface area contributed by atoms with E-state index in [9.17, 15) is 18.0 Å². The first-order valence-electron chi connectivity index (χ1n) is 9.58. The molecule has 8 nitrogen and oxygen atoms in total. The lowest BCUT2D eigenvalue weighted by Gasteiger charge is -2.16. The number of anilines is 1. The molecule has 0 bridgehead atoms. The standard InChI is InChI=1S/C21H24N2O6S/c1-15(20(24)22-18-7-3-4-8-19(18)28-2)29-21(25)16-9-11-17(12-10-16)30(26,27)23-13-5-6-14-23/h3-4,7-12,15H,5-6,13-14H2,1-2H3,(H,22,24)/t15-/m0/s1. The highest BCUT2D eigenvalue weighted by atomic mass is 32.2. The largest absolute Gasteiger partial charge is 0.495 e. The van der Waals surface area contributed by atoms with Crippen molar-refractivity contribution in [3.63, 3.8) is 0 Å². The summed E-state index contributed by atoms with van der Waals surface area (Å²) in [7, 11) is -2.07. The summed E-state index contributed by atoms with van der Waals surface area (Å²) in [6, 6.07) is 12.4. The minimum atomic E-state index is -3.55. The van der Waals surface area contributed by atoms with E-state index in [4.69, 9.17) is 9.47 Å². The first-order chi connectivity index (χ1) is 14.3. The van der Waals surface area contributed by atoms with Crippen molar-refractivity contribution in [3.8, 4) is 5.75 Å². The zero-order valence-electron chi connectivity index (χ0n) is 16.8. The van der Waals surface area contributed by atoms with Gasteiger partial charge in [-0.3, -0.25) is 4.79 Å². The van der Waals surface area contributed by atoms with Crippen LogP contribution in [-0.4, -0.2) is 50.9 Å². The fraction of sp³-hybridized carbons (Fsp3) is 0.333. The Labute approximate surface area is 175 Å². The van der Waals surface area contributed by atoms with Crippen molar-refractivity contribution >= 4 is 27.6 Å². The number of nitrogens with zero attached hydrogens (tertiary/aromatic N) is 1. The van der Waals surface area contributed by atoms with E-state index in [1.807, 2.05) is 0 Å². The first-order valence-corrected chi connectivity index (χ1v) is 11.0. The summed E-state index contributed by atoms with van der Waals surface area (Å²) in [6.07, 6.45) is 0.632. The van der Waals surface area contributed by atoms with E-state index in [0.717, 1.165) is 12.8 Å². The second-order valence-corrected chi connectivity index (χ2v) is 8.81. The van der Waals surface area contributed by atoms with E-state index >= 15 is 0 Å². The highest BCUT2D eigenvalue weighted by molar-refractivity contribution is 7.89. The SMILES string of the molecule is COc1ccccc1NC(=O)[C@H](C)OC(=O)c1ccc(S(=O)(=O)N2CCCC2)cc1. The number of para-hydroxylation sites is 2. The molecule has 0 radical (unpaired) electrons. The van der Waals surface area contributed by atoms with Gasteiger partial charge in [-0.1, -0.05) is 12.1 Å². The van der Waals surface area contributed by atoms with Crippen molar-refractivity contribution in [2.24, 2.45) is 0 Å². The van der Waals surface area contributed by atoms with Crippen LogP contribution in [0.2, 0.25) is 0 Å². The summed E-state index contributed by atoms with van der Waals surface area (Å²) in [6.45, 7) is 2.46. The number of benzene rings is 2. The van der Waals surface area contributed by atoms with E-state index in [1.165, 1.54) is 42.6 Å². The number of methoxy groups -OCH3 is 1. The fourth-order valence-corrected chi connectivity index (χ4v) is 4.62. The molecule has 1 heterocycles. The van der Waals surface area contributed by atoms with E-state index in [1.54, 1.807) is 24.3 Å². The molecular weight excluding hydrogens is 408 g/mol. The Kier molecular flexibility index (Phi) is 6.73. The van der Waals surface area contributed by atoms with Gasteiger partial charge in [0.05, 0.1) is 23.3 Å². The van der Waals surface area contributed by atoms with Gasteiger partial charge in [0.1, 0.15) is 5.75 Å². The van der Waals surface area contributed by atoms with Crippen LogP contribution in [0.1, 0.15) is 30.1 Å². The van der Waals surface area contributed by atoms with Crippen LogP contribution in [0.15, 0.2) is 53.4 Å². The van der Waals surface area contributed by atoms with Crippen molar-refractivity contribution in [2.75, 3.05) is 25.5 Å². The molecule has 0 spiro atoms. The molecule has 160 valence electrons. The van der Waals surface area contributed by atoms with Gasteiger partial charge in [0.15, 0.2) is 6.10 Å². The molecule has 0 aliphatic carbocycles. The summed E-state index contributed by atoms with van der Waals surface area (Å²) in [4.78, 5) is 24.8. The van der Waals surface area contributed by atoms with Gasteiger partial charge in [-0.05, 0) is 56.2 Å². The Bertz CT molecular complexity index is 1010. The molecule has 1 atom stereocenters. The van der Waals surface area contributed by atoms with Crippen LogP contribution in [0.25, 0.3) is 0 Å². The van der Waals surface area contributed by atoms with Crippen molar-refractivity contribution in [1.82, 2.24) is 4.31 Å². The Morgan fingerprint density at radius 1 is 1.03 bits per heavy atom. The number of hydrogen-bond donors (Lipinski definition) is 1. The lowest BCUT2D eigenvalue weighted by atomic mass is 10.2. The Morgan fingerprint density at radius 3 is 2.30 bits per heavy atom. The number of esters is 1. The van der Waals surface area contributed by atoms with Crippen LogP contribution in [-0.2, 0) is 19.6 Å². The van der Waals surface area contributed by atoms with Crippen LogP contribution in [0, 0.1) is 0 Å². The van der Waals surface area contributed by atoms with Gasteiger partial charge in [-0.2, -0.15) is 4.31 Å². The number of rotatable bonds is 7. The predicted molar refractivity (Wildman–Crippen MR) is 111 cm³/mol. The molecular formula is C21H24N2O6S. The number of hydrogen-bond acceptors (Lipinski definition) is 6. The van der Waals surface area contributed by atoms with Gasteiger partial charge in [0.25, 0.3) is 5.91 Å². The Morgan fingerprint density at radius 2 is 1.67 bits per heavy atom. The molecule has 1 amide bonds. The zero-order valence-corrected chi connectivity index (χ0v) is 17.6. The molecule has 0 unspecified atom stereocenters. The fourth-order valence-electron chi connectivity index (χ4n) is 3.10. The van der Waals surface area contributed by atoms with Crippen molar-refractivity contribution in [2.45, 2.75) is 30.8 Å². The summed E-state index contributed by atoms with van der Waals surface area (Å²) < 4.78 is 36.9. The van der Waals surface area contributed by atoms with E-state index in [0.29, 0.717) is 24.5 Å². The van der Waals surface area contributed by atoms with Crippen molar-refractivity contribution in [1.29, 1.82) is 0 Å². The third-order valence-electron chi connectivity index (χ3n) is 4.81. The molecule has 30 heavy (non-hydrogen) atoms. The third-order valence-corrected chi connectivity index (χ3v) is 6.72. The highest BCUT2D eigenvalue weighted by Gasteiger charge is 2.27. The third kappa shape index (κ3) is 4.80. The molecule has 1 fully saturated rings. The average Bonchev–Trinajstić information content (AvgIpc) is 3.30. The van der Waals surface area contributed by atoms with Crippen LogP contribution in [0.5, 0.6) is 5.75 Å². The number of sulfonamides is 1. The van der Waals surface area contributed by atoms with Crippen LogP contribution >= 0.6 is 0 Å². The lowest BCUT2D eigenvalue weighted by molar-refractivity contribution is -0.123. The number of carbonyl (C=O) groups is 2. The minimum Gasteiger partial charge on any atom is -0.495 e. The van der Waals surface area contributed by atoms with E-state index < -0.39 is 28.0 Å². The maximum Gasteiger partial charge on any atom is 0.338 e. The first kappa shape index (κ1) is 21.8. The van der Waals surface area contributed by atoms with Gasteiger partial charge < -0.3 is 14.8 Å². The second kappa shape index (κ2) is 9.27. The number of nitrogens with one attached hydrogen (secondary N) is 1. The van der Waals surface area contributed by atoms with Gasteiger partial charge >= 0.3 is 5.97 Å². The predicted octanol–water partition coefficient (Wildman–Crippen LogP) is 2.66. The summed E-state index contributed by atoms with van der Waals surface area (Å²) in [5.74, 6) is -0.747. The topological polar surface area (TPSA) is 102 Å². The summed E-state index contributed by atoms with van der Waals surface area (Å²) in [5, 5.41) is 2.65. The zero-order chi connectivity index (χ0) is 21.7. The van der Waals surface area contributed by atoms with Crippen LogP contribution < -0.4 is 10.1 Å². The monoisotopic (exact) mass is 432 g/mol. The maximum atomic E-state index is 12.6. The molecule has 0 saturated carbocycles. The van der Waals surface area contributed by atoms with Gasteiger partial charge in [0.2, 0.25) is 10.0 Å². The van der Waals surface area contributed by atoms with E-state index in [-0.39, 0.29) is 10.5 Å².